The first-order valence-corrected chi connectivity index (χ1v) is 11.5. The van der Waals surface area contributed by atoms with Gasteiger partial charge in [-0.15, -0.1) is 0 Å². The third-order valence-electron chi connectivity index (χ3n) is 6.19. The molecule has 29 heavy (non-hydrogen) atoms. The Labute approximate surface area is 178 Å². The van der Waals surface area contributed by atoms with E-state index in [1.807, 2.05) is 6.07 Å². The number of hydrogen-bond donors (Lipinski definition) is 2. The highest BCUT2D eigenvalue weighted by Crippen LogP contribution is 2.37. The van der Waals surface area contributed by atoms with Gasteiger partial charge in [-0.3, -0.25) is 0 Å². The van der Waals surface area contributed by atoms with Crippen molar-refractivity contribution < 1.29 is 14.6 Å². The monoisotopic (exact) mass is 405 g/mol. The Morgan fingerprint density at radius 1 is 1.14 bits per heavy atom. The van der Waals surface area contributed by atoms with E-state index in [0.717, 1.165) is 49.7 Å². The second-order valence-corrected chi connectivity index (χ2v) is 9.72. The standard InChI is InChI=1S/C25H43NO3/c1-19(2)6-5-7-20(3)13-15-29-23-11-10-21(16-24(23)28-4)12-14-25(26,18-27)17-22-8-9-22/h10-11,16,19-20,22,27H,5-9,12-15,17-18,26H2,1-4H3/t20?,25-/m0/s1. The van der Waals surface area contributed by atoms with Crippen molar-refractivity contribution >= 4 is 0 Å². The Morgan fingerprint density at radius 2 is 1.90 bits per heavy atom. The van der Waals surface area contributed by atoms with Crippen molar-refractivity contribution in [2.24, 2.45) is 23.5 Å². The minimum atomic E-state index is -0.463. The molecular weight excluding hydrogens is 362 g/mol. The summed E-state index contributed by atoms with van der Waals surface area (Å²) in [5.74, 6) is 3.78. The van der Waals surface area contributed by atoms with E-state index in [0.29, 0.717) is 11.8 Å². The van der Waals surface area contributed by atoms with E-state index >= 15 is 0 Å². The fourth-order valence-electron chi connectivity index (χ4n) is 3.91. The molecule has 0 spiro atoms. The summed E-state index contributed by atoms with van der Waals surface area (Å²) in [6.45, 7) is 7.65. The second kappa shape index (κ2) is 11.8. The SMILES string of the molecule is COc1cc(CC[C@@](N)(CO)CC2CC2)ccc1OCCC(C)CCCC(C)C. The zero-order valence-electron chi connectivity index (χ0n) is 19.1. The normalized spacial score (nSPS) is 17.2. The molecule has 1 aromatic rings. The predicted molar refractivity (Wildman–Crippen MR) is 121 cm³/mol. The number of aryl methyl sites for hydroxylation is 1. The maximum Gasteiger partial charge on any atom is 0.161 e. The molecule has 166 valence electrons. The average molecular weight is 406 g/mol. The number of rotatable bonds is 15. The summed E-state index contributed by atoms with van der Waals surface area (Å²) in [4.78, 5) is 0. The summed E-state index contributed by atoms with van der Waals surface area (Å²) in [6.07, 6.45) is 10.0. The molecule has 1 fully saturated rings. The van der Waals surface area contributed by atoms with Crippen LogP contribution in [0.1, 0.15) is 77.7 Å². The van der Waals surface area contributed by atoms with Crippen molar-refractivity contribution in [2.45, 2.75) is 84.1 Å². The first-order chi connectivity index (χ1) is 13.8. The quantitative estimate of drug-likeness (QED) is 0.413. The maximum atomic E-state index is 9.74. The van der Waals surface area contributed by atoms with Gasteiger partial charge in [0.15, 0.2) is 11.5 Å². The van der Waals surface area contributed by atoms with Crippen molar-refractivity contribution in [1.29, 1.82) is 0 Å². The van der Waals surface area contributed by atoms with Gasteiger partial charge in [-0.05, 0) is 61.1 Å². The van der Waals surface area contributed by atoms with Crippen LogP contribution in [-0.4, -0.2) is 31.0 Å². The Kier molecular flexibility index (Phi) is 9.78. The maximum absolute atomic E-state index is 9.74. The van der Waals surface area contributed by atoms with E-state index < -0.39 is 5.54 Å². The smallest absolute Gasteiger partial charge is 0.161 e. The molecule has 3 N–H and O–H groups in total. The Bertz CT molecular complexity index is 600. The van der Waals surface area contributed by atoms with Crippen molar-refractivity contribution in [2.75, 3.05) is 20.3 Å². The van der Waals surface area contributed by atoms with Crippen LogP contribution in [0.3, 0.4) is 0 Å². The highest BCUT2D eigenvalue weighted by molar-refractivity contribution is 5.43. The molecule has 0 bridgehead atoms. The first-order valence-electron chi connectivity index (χ1n) is 11.5. The van der Waals surface area contributed by atoms with Gasteiger partial charge in [0.2, 0.25) is 0 Å². The van der Waals surface area contributed by atoms with Gasteiger partial charge in [-0.1, -0.05) is 58.9 Å². The molecular formula is C25H43NO3. The van der Waals surface area contributed by atoms with Crippen molar-refractivity contribution in [3.63, 3.8) is 0 Å². The van der Waals surface area contributed by atoms with E-state index in [2.05, 4.69) is 32.9 Å². The number of methoxy groups -OCH3 is 1. The van der Waals surface area contributed by atoms with Crippen LogP contribution in [0.25, 0.3) is 0 Å². The number of aliphatic hydroxyl groups excluding tert-OH is 1. The molecule has 4 nitrogen and oxygen atoms in total. The molecule has 2 rings (SSSR count). The van der Waals surface area contributed by atoms with Gasteiger partial charge in [-0.2, -0.15) is 0 Å². The number of aliphatic hydroxyl groups is 1. The lowest BCUT2D eigenvalue weighted by atomic mass is 9.88. The minimum Gasteiger partial charge on any atom is -0.493 e. The van der Waals surface area contributed by atoms with Gasteiger partial charge in [0, 0.05) is 5.54 Å². The molecule has 0 aliphatic heterocycles. The highest BCUT2D eigenvalue weighted by Gasteiger charge is 2.33. The van der Waals surface area contributed by atoms with E-state index in [1.165, 1.54) is 37.7 Å². The molecule has 0 radical (unpaired) electrons. The third kappa shape index (κ3) is 8.96. The molecule has 0 heterocycles. The molecule has 1 unspecified atom stereocenters. The minimum absolute atomic E-state index is 0.0528. The molecule has 1 aliphatic carbocycles. The van der Waals surface area contributed by atoms with Crippen molar-refractivity contribution in [3.05, 3.63) is 23.8 Å². The van der Waals surface area contributed by atoms with Gasteiger partial charge >= 0.3 is 0 Å². The van der Waals surface area contributed by atoms with Crippen LogP contribution in [0.2, 0.25) is 0 Å². The van der Waals surface area contributed by atoms with E-state index in [-0.39, 0.29) is 6.61 Å². The van der Waals surface area contributed by atoms with Gasteiger partial charge in [-0.25, -0.2) is 0 Å². The summed E-state index contributed by atoms with van der Waals surface area (Å²) in [7, 11) is 1.69. The van der Waals surface area contributed by atoms with E-state index in [4.69, 9.17) is 15.2 Å². The number of nitrogens with two attached hydrogens (primary N) is 1. The van der Waals surface area contributed by atoms with Gasteiger partial charge in [0.25, 0.3) is 0 Å². The lowest BCUT2D eigenvalue weighted by molar-refractivity contribution is 0.172. The Hall–Kier alpha value is -1.26. The fourth-order valence-corrected chi connectivity index (χ4v) is 3.91. The van der Waals surface area contributed by atoms with Crippen molar-refractivity contribution in [1.82, 2.24) is 0 Å². The van der Waals surface area contributed by atoms with Crippen LogP contribution in [0.15, 0.2) is 18.2 Å². The van der Waals surface area contributed by atoms with Crippen LogP contribution in [0.4, 0.5) is 0 Å². The highest BCUT2D eigenvalue weighted by atomic mass is 16.5. The number of benzene rings is 1. The van der Waals surface area contributed by atoms with Crippen LogP contribution >= 0.6 is 0 Å². The number of hydrogen-bond acceptors (Lipinski definition) is 4. The van der Waals surface area contributed by atoms with Gasteiger partial charge < -0.3 is 20.3 Å². The second-order valence-electron chi connectivity index (χ2n) is 9.72. The lowest BCUT2D eigenvalue weighted by Gasteiger charge is -2.27. The molecule has 1 aliphatic rings. The summed E-state index contributed by atoms with van der Waals surface area (Å²) >= 11 is 0. The lowest BCUT2D eigenvalue weighted by Crippen LogP contribution is -2.44. The summed E-state index contributed by atoms with van der Waals surface area (Å²) < 4.78 is 11.6. The van der Waals surface area contributed by atoms with Gasteiger partial charge in [0.05, 0.1) is 20.3 Å². The average Bonchev–Trinajstić information content (AvgIpc) is 3.50. The summed E-state index contributed by atoms with van der Waals surface area (Å²) in [5.41, 5.74) is 7.14. The van der Waals surface area contributed by atoms with Crippen LogP contribution in [0.5, 0.6) is 11.5 Å². The number of ether oxygens (including phenoxy) is 2. The summed E-state index contributed by atoms with van der Waals surface area (Å²) in [5, 5.41) is 9.74. The molecule has 0 saturated heterocycles. The van der Waals surface area contributed by atoms with Crippen LogP contribution < -0.4 is 15.2 Å². The molecule has 0 amide bonds. The van der Waals surface area contributed by atoms with E-state index in [1.54, 1.807) is 7.11 Å². The molecule has 1 aromatic carbocycles. The van der Waals surface area contributed by atoms with Crippen molar-refractivity contribution in [3.8, 4) is 11.5 Å². The zero-order valence-corrected chi connectivity index (χ0v) is 19.1. The zero-order chi connectivity index (χ0) is 21.3. The van der Waals surface area contributed by atoms with Gasteiger partial charge in [0.1, 0.15) is 0 Å². The van der Waals surface area contributed by atoms with E-state index in [9.17, 15) is 5.11 Å². The summed E-state index contributed by atoms with van der Waals surface area (Å²) in [6, 6.07) is 6.16. The third-order valence-corrected chi connectivity index (χ3v) is 6.19. The molecule has 2 atom stereocenters. The topological polar surface area (TPSA) is 64.7 Å². The largest absolute Gasteiger partial charge is 0.493 e. The fraction of sp³-hybridized carbons (Fsp3) is 0.760. The molecule has 4 heteroatoms. The van der Waals surface area contributed by atoms with Crippen LogP contribution in [-0.2, 0) is 6.42 Å². The Morgan fingerprint density at radius 3 is 2.52 bits per heavy atom. The van der Waals surface area contributed by atoms with Crippen LogP contribution in [0, 0.1) is 17.8 Å². The Balaban J connectivity index is 1.80. The predicted octanol–water partition coefficient (Wildman–Crippen LogP) is 5.35. The first kappa shape index (κ1) is 24.0. The molecule has 0 aromatic heterocycles. The molecule has 1 saturated carbocycles.